The van der Waals surface area contributed by atoms with Gasteiger partial charge in [0.15, 0.2) is 0 Å². The largest absolute Gasteiger partial charge is 1.00 e. The fourth-order valence-electron chi connectivity index (χ4n) is 2.20. The van der Waals surface area contributed by atoms with Gasteiger partial charge in [-0.2, -0.15) is 0 Å². The molecule has 1 aliphatic heterocycles. The van der Waals surface area contributed by atoms with Crippen molar-refractivity contribution in [3.05, 3.63) is 35.9 Å². The molecule has 2 N–H and O–H groups in total. The summed E-state index contributed by atoms with van der Waals surface area (Å²) in [4.78, 5) is 15.4. The lowest BCUT2D eigenvalue weighted by molar-refractivity contribution is -0.904. The second kappa shape index (κ2) is 7.36. The Bertz CT molecular complexity index is 365. The molecule has 0 aliphatic carbocycles. The van der Waals surface area contributed by atoms with Crippen LogP contribution in [-0.2, 0) is 0 Å². The monoisotopic (exact) mass is 270 g/mol. The van der Waals surface area contributed by atoms with Gasteiger partial charge in [0.2, 0.25) is 0 Å². The summed E-state index contributed by atoms with van der Waals surface area (Å²) in [7, 11) is 0. The van der Waals surface area contributed by atoms with Crippen LogP contribution >= 0.6 is 0 Å². The van der Waals surface area contributed by atoms with Crippen LogP contribution in [0.2, 0.25) is 0 Å². The zero-order chi connectivity index (χ0) is 12.1. The average molecular weight is 271 g/mol. The Kier molecular flexibility index (Phi) is 6.12. The van der Waals surface area contributed by atoms with Crippen LogP contribution in [0.25, 0.3) is 0 Å². The molecule has 4 nitrogen and oxygen atoms in total. The van der Waals surface area contributed by atoms with E-state index in [2.05, 4.69) is 0 Å². The smallest absolute Gasteiger partial charge is 0.254 e. The summed E-state index contributed by atoms with van der Waals surface area (Å²) in [5.41, 5.74) is 0.762. The maximum absolute atomic E-state index is 12.1. The van der Waals surface area contributed by atoms with Crippen molar-refractivity contribution in [2.45, 2.75) is 0 Å². The summed E-state index contributed by atoms with van der Waals surface area (Å²) in [6.07, 6.45) is 0. The number of hydrogen-bond donors (Lipinski definition) is 2. The number of carbonyl (C=O) groups excluding carboxylic acids is 1. The van der Waals surface area contributed by atoms with Crippen molar-refractivity contribution >= 4 is 5.91 Å². The van der Waals surface area contributed by atoms with Crippen LogP contribution in [0.5, 0.6) is 0 Å². The summed E-state index contributed by atoms with van der Waals surface area (Å²) in [6, 6.07) is 9.41. The van der Waals surface area contributed by atoms with Gasteiger partial charge in [0.25, 0.3) is 5.91 Å². The summed E-state index contributed by atoms with van der Waals surface area (Å²) in [5.74, 6) is 0.119. The molecule has 5 heteroatoms. The van der Waals surface area contributed by atoms with Gasteiger partial charge in [-0.25, -0.2) is 0 Å². The third-order valence-corrected chi connectivity index (χ3v) is 3.24. The van der Waals surface area contributed by atoms with E-state index in [0.29, 0.717) is 0 Å². The third kappa shape index (κ3) is 3.70. The van der Waals surface area contributed by atoms with Crippen molar-refractivity contribution in [1.82, 2.24) is 4.90 Å². The zero-order valence-corrected chi connectivity index (χ0v) is 11.1. The van der Waals surface area contributed by atoms with Gasteiger partial charge >= 0.3 is 0 Å². The molecule has 1 heterocycles. The second-order valence-corrected chi connectivity index (χ2v) is 4.38. The third-order valence-electron chi connectivity index (χ3n) is 3.24. The first-order valence-electron chi connectivity index (χ1n) is 6.10. The van der Waals surface area contributed by atoms with E-state index in [4.69, 9.17) is 5.11 Å². The van der Waals surface area contributed by atoms with Gasteiger partial charge in [-0.05, 0) is 12.1 Å². The van der Waals surface area contributed by atoms with E-state index >= 15 is 0 Å². The van der Waals surface area contributed by atoms with E-state index < -0.39 is 0 Å². The summed E-state index contributed by atoms with van der Waals surface area (Å²) < 4.78 is 0. The van der Waals surface area contributed by atoms with Gasteiger partial charge in [-0.3, -0.25) is 4.79 Å². The van der Waals surface area contributed by atoms with Crippen LogP contribution in [0.1, 0.15) is 10.4 Å². The molecule has 0 atom stereocenters. The summed E-state index contributed by atoms with van der Waals surface area (Å²) >= 11 is 0. The van der Waals surface area contributed by atoms with Gasteiger partial charge < -0.3 is 27.3 Å². The summed E-state index contributed by atoms with van der Waals surface area (Å²) in [5, 5.41) is 8.87. The maximum Gasteiger partial charge on any atom is 0.254 e. The number of piperazine rings is 1. The molecule has 0 aromatic heterocycles. The Hall–Kier alpha value is -1.10. The number of nitrogens with zero attached hydrogens (tertiary/aromatic N) is 1. The summed E-state index contributed by atoms with van der Waals surface area (Å²) in [6.45, 7) is 4.43. The van der Waals surface area contributed by atoms with Gasteiger partial charge in [-0.15, -0.1) is 0 Å². The lowest BCUT2D eigenvalue weighted by atomic mass is 10.2. The standard InChI is InChI=1S/C13H18N2O2.ClH/c16-11-10-14-6-8-15(9-7-14)13(17)12-4-2-1-3-5-12;/h1-5,16H,6-11H2;1H. The number of hydrogen-bond acceptors (Lipinski definition) is 2. The van der Waals surface area contributed by atoms with Crippen molar-refractivity contribution in [3.8, 4) is 0 Å². The van der Waals surface area contributed by atoms with E-state index in [1.54, 1.807) is 0 Å². The average Bonchev–Trinajstić information content (AvgIpc) is 2.40. The molecule has 0 radical (unpaired) electrons. The van der Waals surface area contributed by atoms with Crippen LogP contribution in [0.4, 0.5) is 0 Å². The van der Waals surface area contributed by atoms with Gasteiger partial charge in [0.1, 0.15) is 6.54 Å². The van der Waals surface area contributed by atoms with Crippen molar-refractivity contribution in [1.29, 1.82) is 0 Å². The van der Waals surface area contributed by atoms with Crippen LogP contribution < -0.4 is 17.3 Å². The normalized spacial score (nSPS) is 16.2. The van der Waals surface area contributed by atoms with Gasteiger partial charge in [-0.1, -0.05) is 18.2 Å². The number of aliphatic hydroxyl groups is 1. The van der Waals surface area contributed by atoms with E-state index in [-0.39, 0.29) is 24.9 Å². The number of quaternary nitrogens is 1. The topological polar surface area (TPSA) is 45.0 Å². The molecule has 1 aromatic carbocycles. The molecule has 0 unspecified atom stereocenters. The molecular weight excluding hydrogens is 252 g/mol. The molecule has 0 bridgehead atoms. The van der Waals surface area contributed by atoms with Crippen LogP contribution in [-0.4, -0.2) is 55.2 Å². The highest BCUT2D eigenvalue weighted by Gasteiger charge is 2.23. The van der Waals surface area contributed by atoms with Crippen LogP contribution in [0.3, 0.4) is 0 Å². The number of aliphatic hydroxyl groups excluding tert-OH is 1. The Morgan fingerprint density at radius 3 is 2.39 bits per heavy atom. The van der Waals surface area contributed by atoms with E-state index in [0.717, 1.165) is 38.3 Å². The van der Waals surface area contributed by atoms with Crippen molar-refractivity contribution < 1.29 is 27.2 Å². The van der Waals surface area contributed by atoms with Crippen molar-refractivity contribution in [2.75, 3.05) is 39.3 Å². The Balaban J connectivity index is 0.00000162. The number of benzene rings is 1. The Labute approximate surface area is 114 Å². The number of halogens is 1. The number of amides is 1. The highest BCUT2D eigenvalue weighted by Crippen LogP contribution is 2.04. The quantitative estimate of drug-likeness (QED) is 0.589. The molecule has 0 spiro atoms. The van der Waals surface area contributed by atoms with E-state index in [1.165, 1.54) is 4.90 Å². The van der Waals surface area contributed by atoms with Gasteiger partial charge in [0.05, 0.1) is 32.8 Å². The van der Waals surface area contributed by atoms with Crippen molar-refractivity contribution in [2.24, 2.45) is 0 Å². The minimum absolute atomic E-state index is 0. The fraction of sp³-hybridized carbons (Fsp3) is 0.462. The number of carbonyl (C=O) groups is 1. The molecule has 1 aromatic rings. The van der Waals surface area contributed by atoms with Crippen LogP contribution in [0, 0.1) is 0 Å². The Morgan fingerprint density at radius 1 is 1.22 bits per heavy atom. The minimum atomic E-state index is 0. The van der Waals surface area contributed by atoms with Crippen LogP contribution in [0.15, 0.2) is 30.3 Å². The maximum atomic E-state index is 12.1. The molecule has 100 valence electrons. The van der Waals surface area contributed by atoms with Crippen molar-refractivity contribution in [3.63, 3.8) is 0 Å². The lowest BCUT2D eigenvalue weighted by Gasteiger charge is -2.31. The van der Waals surface area contributed by atoms with E-state index in [1.807, 2.05) is 35.2 Å². The highest BCUT2D eigenvalue weighted by atomic mass is 35.5. The predicted molar refractivity (Wildman–Crippen MR) is 65.0 cm³/mol. The first kappa shape index (κ1) is 15.0. The molecule has 1 saturated heterocycles. The Morgan fingerprint density at radius 2 is 1.83 bits per heavy atom. The molecule has 18 heavy (non-hydrogen) atoms. The molecule has 1 amide bonds. The molecular formula is C13H19ClN2O2. The predicted octanol–water partition coefficient (Wildman–Crippen LogP) is -3.98. The number of nitrogens with one attached hydrogen (secondary N) is 1. The zero-order valence-electron chi connectivity index (χ0n) is 10.3. The molecule has 2 rings (SSSR count). The number of rotatable bonds is 3. The fourth-order valence-corrected chi connectivity index (χ4v) is 2.20. The first-order chi connectivity index (χ1) is 8.31. The molecule has 1 fully saturated rings. The first-order valence-corrected chi connectivity index (χ1v) is 6.10. The highest BCUT2D eigenvalue weighted by molar-refractivity contribution is 5.94. The lowest BCUT2D eigenvalue weighted by Crippen LogP contribution is -3.15. The SMILES string of the molecule is O=C(c1ccccc1)N1CC[NH+](CCO)CC1.[Cl-]. The van der Waals surface area contributed by atoms with Gasteiger partial charge in [0, 0.05) is 5.56 Å². The van der Waals surface area contributed by atoms with E-state index in [9.17, 15) is 4.79 Å². The minimum Gasteiger partial charge on any atom is -1.00 e. The molecule has 0 saturated carbocycles. The molecule has 1 aliphatic rings. The second-order valence-electron chi connectivity index (χ2n) is 4.38.